The van der Waals surface area contributed by atoms with Crippen molar-refractivity contribution in [2.75, 3.05) is 0 Å². The Morgan fingerprint density at radius 1 is 1.23 bits per heavy atom. The Labute approximate surface area is 76.6 Å². The van der Waals surface area contributed by atoms with Gasteiger partial charge in [0.1, 0.15) is 0 Å². The summed E-state index contributed by atoms with van der Waals surface area (Å²) in [6.07, 6.45) is 3.38. The summed E-state index contributed by atoms with van der Waals surface area (Å²) in [4.78, 5) is 6.93. The number of hydrogen-bond donors (Lipinski definition) is 2. The maximum Gasteiger partial charge on any atom is 0.0922 e. The van der Waals surface area contributed by atoms with E-state index >= 15 is 0 Å². The van der Waals surface area contributed by atoms with E-state index in [1.807, 2.05) is 30.3 Å². The molecule has 3 N–H and O–H groups in total. The van der Waals surface area contributed by atoms with Gasteiger partial charge >= 0.3 is 0 Å². The molecule has 0 unspecified atom stereocenters. The third-order valence-electron chi connectivity index (χ3n) is 2.01. The minimum Gasteiger partial charge on any atom is -0.347 e. The monoisotopic (exact) mass is 173 g/mol. The maximum absolute atomic E-state index is 5.99. The average molecular weight is 173 g/mol. The lowest BCUT2D eigenvalue weighted by atomic mass is 10.1. The summed E-state index contributed by atoms with van der Waals surface area (Å²) in [5.41, 5.74) is 8.02. The molecule has 2 aromatic rings. The molecule has 0 saturated heterocycles. The van der Waals surface area contributed by atoms with Gasteiger partial charge in [0.05, 0.1) is 18.1 Å². The van der Waals surface area contributed by atoms with Crippen LogP contribution in [0.3, 0.4) is 0 Å². The van der Waals surface area contributed by atoms with Crippen LogP contribution < -0.4 is 5.73 Å². The van der Waals surface area contributed by atoms with Crippen molar-refractivity contribution in [3.8, 4) is 0 Å². The quantitative estimate of drug-likeness (QED) is 0.722. The Bertz CT molecular complexity index is 353. The van der Waals surface area contributed by atoms with Gasteiger partial charge in [-0.3, -0.25) is 0 Å². The van der Waals surface area contributed by atoms with Gasteiger partial charge in [0.25, 0.3) is 0 Å². The van der Waals surface area contributed by atoms with Gasteiger partial charge in [0.15, 0.2) is 0 Å². The third-order valence-corrected chi connectivity index (χ3v) is 2.01. The number of imidazole rings is 1. The molecule has 0 bridgehead atoms. The molecule has 3 nitrogen and oxygen atoms in total. The molecular formula is C10H11N3. The fourth-order valence-corrected chi connectivity index (χ4v) is 1.28. The lowest BCUT2D eigenvalue weighted by Gasteiger charge is -2.08. The van der Waals surface area contributed by atoms with Crippen molar-refractivity contribution in [1.29, 1.82) is 0 Å². The van der Waals surface area contributed by atoms with Gasteiger partial charge in [-0.2, -0.15) is 0 Å². The first-order valence-corrected chi connectivity index (χ1v) is 4.17. The van der Waals surface area contributed by atoms with Gasteiger partial charge in [-0.05, 0) is 5.56 Å². The fraction of sp³-hybridized carbons (Fsp3) is 0.100. The Kier molecular flexibility index (Phi) is 2.10. The molecule has 66 valence electrons. The minimum atomic E-state index is -0.108. The molecule has 0 aliphatic carbocycles. The van der Waals surface area contributed by atoms with Crippen LogP contribution in [0.2, 0.25) is 0 Å². The number of H-pyrrole nitrogens is 1. The number of nitrogens with zero attached hydrogens (tertiary/aromatic N) is 1. The SMILES string of the molecule is N[C@H](c1ccccc1)c1cnc[nH]1. The third kappa shape index (κ3) is 1.60. The fourth-order valence-electron chi connectivity index (χ4n) is 1.28. The molecule has 0 radical (unpaired) electrons. The minimum absolute atomic E-state index is 0.108. The van der Waals surface area contributed by atoms with Crippen molar-refractivity contribution in [2.45, 2.75) is 6.04 Å². The molecule has 0 spiro atoms. The van der Waals surface area contributed by atoms with Gasteiger partial charge in [0, 0.05) is 6.20 Å². The summed E-state index contributed by atoms with van der Waals surface area (Å²) in [6, 6.07) is 9.83. The van der Waals surface area contributed by atoms with Crippen LogP contribution >= 0.6 is 0 Å². The van der Waals surface area contributed by atoms with E-state index in [4.69, 9.17) is 5.73 Å². The standard InChI is InChI=1S/C10H11N3/c11-10(9-6-12-7-13-9)8-4-2-1-3-5-8/h1-7,10H,11H2,(H,12,13)/t10-/m1/s1. The van der Waals surface area contributed by atoms with E-state index in [1.165, 1.54) is 0 Å². The first-order valence-electron chi connectivity index (χ1n) is 4.17. The molecule has 0 fully saturated rings. The normalized spacial score (nSPS) is 12.7. The van der Waals surface area contributed by atoms with Gasteiger partial charge in [-0.1, -0.05) is 30.3 Å². The van der Waals surface area contributed by atoms with Gasteiger partial charge in [-0.25, -0.2) is 4.98 Å². The van der Waals surface area contributed by atoms with Crippen LogP contribution in [0.1, 0.15) is 17.3 Å². The second kappa shape index (κ2) is 3.41. The number of nitrogens with one attached hydrogen (secondary N) is 1. The predicted molar refractivity (Wildman–Crippen MR) is 51.1 cm³/mol. The number of rotatable bonds is 2. The van der Waals surface area contributed by atoms with Crippen molar-refractivity contribution >= 4 is 0 Å². The molecular weight excluding hydrogens is 162 g/mol. The molecule has 0 aliphatic rings. The highest BCUT2D eigenvalue weighted by molar-refractivity contribution is 5.25. The summed E-state index contributed by atoms with van der Waals surface area (Å²) in [7, 11) is 0. The molecule has 1 atom stereocenters. The molecule has 1 aromatic heterocycles. The summed E-state index contributed by atoms with van der Waals surface area (Å²) in [5, 5.41) is 0. The van der Waals surface area contributed by atoms with Crippen molar-refractivity contribution in [2.24, 2.45) is 5.73 Å². The van der Waals surface area contributed by atoms with Crippen molar-refractivity contribution in [1.82, 2.24) is 9.97 Å². The first kappa shape index (κ1) is 8.01. The Hall–Kier alpha value is -1.61. The lowest BCUT2D eigenvalue weighted by molar-refractivity contribution is 0.838. The highest BCUT2D eigenvalue weighted by Gasteiger charge is 2.08. The largest absolute Gasteiger partial charge is 0.347 e. The van der Waals surface area contributed by atoms with E-state index < -0.39 is 0 Å². The van der Waals surface area contributed by atoms with Gasteiger partial charge in [-0.15, -0.1) is 0 Å². The van der Waals surface area contributed by atoms with Crippen molar-refractivity contribution in [3.05, 3.63) is 54.1 Å². The van der Waals surface area contributed by atoms with Crippen LogP contribution in [0.15, 0.2) is 42.9 Å². The zero-order valence-corrected chi connectivity index (χ0v) is 7.14. The average Bonchev–Trinajstić information content (AvgIpc) is 2.71. The number of aromatic nitrogens is 2. The van der Waals surface area contributed by atoms with Gasteiger partial charge < -0.3 is 10.7 Å². The molecule has 13 heavy (non-hydrogen) atoms. The van der Waals surface area contributed by atoms with Crippen LogP contribution in [0.4, 0.5) is 0 Å². The highest BCUT2D eigenvalue weighted by Crippen LogP contribution is 2.15. The molecule has 1 aromatic carbocycles. The molecule has 0 aliphatic heterocycles. The van der Waals surface area contributed by atoms with Crippen molar-refractivity contribution in [3.63, 3.8) is 0 Å². The number of benzene rings is 1. The van der Waals surface area contributed by atoms with Crippen LogP contribution in [0, 0.1) is 0 Å². The second-order valence-corrected chi connectivity index (χ2v) is 2.90. The summed E-state index contributed by atoms with van der Waals surface area (Å²) >= 11 is 0. The lowest BCUT2D eigenvalue weighted by Crippen LogP contribution is -2.11. The number of hydrogen-bond acceptors (Lipinski definition) is 2. The van der Waals surface area contributed by atoms with Gasteiger partial charge in [0.2, 0.25) is 0 Å². The summed E-state index contributed by atoms with van der Waals surface area (Å²) in [5.74, 6) is 0. The Morgan fingerprint density at radius 3 is 2.62 bits per heavy atom. The Balaban J connectivity index is 2.29. The summed E-state index contributed by atoms with van der Waals surface area (Å²) in [6.45, 7) is 0. The van der Waals surface area contributed by atoms with Crippen LogP contribution in [0.25, 0.3) is 0 Å². The van der Waals surface area contributed by atoms with Crippen LogP contribution in [0.5, 0.6) is 0 Å². The van der Waals surface area contributed by atoms with E-state index in [-0.39, 0.29) is 6.04 Å². The van der Waals surface area contributed by atoms with E-state index in [0.717, 1.165) is 11.3 Å². The molecule has 2 rings (SSSR count). The molecule has 1 heterocycles. The van der Waals surface area contributed by atoms with Crippen LogP contribution in [-0.4, -0.2) is 9.97 Å². The maximum atomic E-state index is 5.99. The zero-order valence-electron chi connectivity index (χ0n) is 7.14. The van der Waals surface area contributed by atoms with Crippen LogP contribution in [-0.2, 0) is 0 Å². The topological polar surface area (TPSA) is 54.7 Å². The van der Waals surface area contributed by atoms with E-state index in [2.05, 4.69) is 9.97 Å². The molecule has 0 amide bonds. The number of nitrogens with two attached hydrogens (primary N) is 1. The molecule has 3 heteroatoms. The smallest absolute Gasteiger partial charge is 0.0922 e. The second-order valence-electron chi connectivity index (χ2n) is 2.90. The Morgan fingerprint density at radius 2 is 2.00 bits per heavy atom. The highest BCUT2D eigenvalue weighted by atomic mass is 14.9. The van der Waals surface area contributed by atoms with Crippen molar-refractivity contribution < 1.29 is 0 Å². The first-order chi connectivity index (χ1) is 6.38. The number of aromatic amines is 1. The molecule has 0 saturated carbocycles. The van der Waals surface area contributed by atoms with E-state index in [0.29, 0.717) is 0 Å². The zero-order chi connectivity index (χ0) is 9.10. The van der Waals surface area contributed by atoms with E-state index in [1.54, 1.807) is 12.5 Å². The predicted octanol–water partition coefficient (Wildman–Crippen LogP) is 1.46. The van der Waals surface area contributed by atoms with E-state index in [9.17, 15) is 0 Å². The summed E-state index contributed by atoms with van der Waals surface area (Å²) < 4.78 is 0.